The molecule has 1 saturated carbocycles. The van der Waals surface area contributed by atoms with Crippen molar-refractivity contribution < 1.29 is 4.79 Å². The van der Waals surface area contributed by atoms with Crippen LogP contribution in [0.1, 0.15) is 42.6 Å². The first-order valence-electron chi connectivity index (χ1n) is 7.61. The van der Waals surface area contributed by atoms with Crippen molar-refractivity contribution in [3.8, 4) is 0 Å². The predicted molar refractivity (Wildman–Crippen MR) is 76.2 cm³/mol. The molecule has 0 amide bonds. The van der Waals surface area contributed by atoms with Crippen LogP contribution in [-0.2, 0) is 7.05 Å². The second kappa shape index (κ2) is 5.49. The molecule has 3 nitrogen and oxygen atoms in total. The van der Waals surface area contributed by atoms with Gasteiger partial charge in [-0.2, -0.15) is 0 Å². The van der Waals surface area contributed by atoms with Crippen molar-refractivity contribution in [1.29, 1.82) is 0 Å². The summed E-state index contributed by atoms with van der Waals surface area (Å²) in [6.45, 7) is 2.85. The SMILES string of the molecule is Cn1cccc1C(=O)CN1CC[C@H]2CCCC[C@@H]2C1. The van der Waals surface area contributed by atoms with Crippen molar-refractivity contribution in [3.63, 3.8) is 0 Å². The molecule has 19 heavy (non-hydrogen) atoms. The highest BCUT2D eigenvalue weighted by atomic mass is 16.1. The molecule has 2 heterocycles. The third kappa shape index (κ3) is 2.76. The number of aryl methyl sites for hydroxylation is 1. The van der Waals surface area contributed by atoms with Crippen LogP contribution in [0.25, 0.3) is 0 Å². The Morgan fingerprint density at radius 2 is 2.05 bits per heavy atom. The summed E-state index contributed by atoms with van der Waals surface area (Å²) in [7, 11) is 1.95. The predicted octanol–water partition coefficient (Wildman–Crippen LogP) is 2.72. The number of ketones is 1. The van der Waals surface area contributed by atoms with E-state index in [9.17, 15) is 4.79 Å². The van der Waals surface area contributed by atoms with E-state index >= 15 is 0 Å². The Kier molecular flexibility index (Phi) is 3.74. The minimum absolute atomic E-state index is 0.266. The van der Waals surface area contributed by atoms with Gasteiger partial charge >= 0.3 is 0 Å². The van der Waals surface area contributed by atoms with Crippen molar-refractivity contribution in [2.75, 3.05) is 19.6 Å². The molecule has 2 fully saturated rings. The fourth-order valence-corrected chi connectivity index (χ4v) is 3.85. The number of piperidine rings is 1. The van der Waals surface area contributed by atoms with Gasteiger partial charge in [-0.05, 0) is 43.4 Å². The summed E-state index contributed by atoms with van der Waals surface area (Å²) in [5.41, 5.74) is 0.839. The smallest absolute Gasteiger partial charge is 0.193 e. The maximum atomic E-state index is 12.3. The van der Waals surface area contributed by atoms with E-state index in [-0.39, 0.29) is 5.78 Å². The average molecular weight is 260 g/mol. The molecule has 0 unspecified atom stereocenters. The van der Waals surface area contributed by atoms with E-state index < -0.39 is 0 Å². The van der Waals surface area contributed by atoms with Crippen LogP contribution in [-0.4, -0.2) is 34.9 Å². The number of nitrogens with zero attached hydrogens (tertiary/aromatic N) is 2. The first-order valence-corrected chi connectivity index (χ1v) is 7.61. The topological polar surface area (TPSA) is 25.2 Å². The molecule has 1 aliphatic carbocycles. The van der Waals surface area contributed by atoms with E-state index in [4.69, 9.17) is 0 Å². The number of carbonyl (C=O) groups is 1. The second-order valence-corrected chi connectivity index (χ2v) is 6.26. The molecule has 2 atom stereocenters. The monoisotopic (exact) mass is 260 g/mol. The Morgan fingerprint density at radius 1 is 1.26 bits per heavy atom. The van der Waals surface area contributed by atoms with Gasteiger partial charge in [-0.3, -0.25) is 9.69 Å². The quantitative estimate of drug-likeness (QED) is 0.781. The second-order valence-electron chi connectivity index (χ2n) is 6.26. The molecule has 1 aromatic heterocycles. The van der Waals surface area contributed by atoms with Crippen LogP contribution in [0.3, 0.4) is 0 Å². The summed E-state index contributed by atoms with van der Waals surface area (Å²) in [5, 5.41) is 0. The van der Waals surface area contributed by atoms with E-state index in [1.165, 1.54) is 32.1 Å². The van der Waals surface area contributed by atoms with Crippen LogP contribution in [0.2, 0.25) is 0 Å². The summed E-state index contributed by atoms with van der Waals surface area (Å²) < 4.78 is 1.93. The van der Waals surface area contributed by atoms with Crippen molar-refractivity contribution >= 4 is 5.78 Å². The van der Waals surface area contributed by atoms with Crippen LogP contribution in [0.4, 0.5) is 0 Å². The standard InChI is InChI=1S/C16H24N2O/c1-17-9-4-7-15(17)16(19)12-18-10-8-13-5-2-3-6-14(13)11-18/h4,7,9,13-14H,2-3,5-6,8,10-12H2,1H3/t13-,14-/m1/s1. The van der Waals surface area contributed by atoms with Crippen molar-refractivity contribution in [2.45, 2.75) is 32.1 Å². The van der Waals surface area contributed by atoms with E-state index in [0.717, 1.165) is 30.6 Å². The van der Waals surface area contributed by atoms with Crippen LogP contribution in [0, 0.1) is 11.8 Å². The fraction of sp³-hybridized carbons (Fsp3) is 0.688. The molecule has 104 valence electrons. The van der Waals surface area contributed by atoms with Crippen molar-refractivity contribution in [2.24, 2.45) is 18.9 Å². The zero-order valence-electron chi connectivity index (χ0n) is 11.8. The van der Waals surface area contributed by atoms with Gasteiger partial charge in [-0.25, -0.2) is 0 Å². The van der Waals surface area contributed by atoms with Gasteiger partial charge in [-0.15, -0.1) is 0 Å². The van der Waals surface area contributed by atoms with Gasteiger partial charge in [0.15, 0.2) is 5.78 Å². The molecule has 0 N–H and O–H groups in total. The van der Waals surface area contributed by atoms with E-state index in [0.29, 0.717) is 6.54 Å². The van der Waals surface area contributed by atoms with Gasteiger partial charge in [0.05, 0.1) is 12.2 Å². The zero-order chi connectivity index (χ0) is 13.2. The Balaban J connectivity index is 1.59. The molecule has 0 bridgehead atoms. The summed E-state index contributed by atoms with van der Waals surface area (Å²) in [4.78, 5) is 14.7. The molecule has 0 spiro atoms. The van der Waals surface area contributed by atoms with Crippen LogP contribution in [0.5, 0.6) is 0 Å². The molecule has 1 aromatic rings. The van der Waals surface area contributed by atoms with Crippen molar-refractivity contribution in [3.05, 3.63) is 24.0 Å². The lowest BCUT2D eigenvalue weighted by Gasteiger charge is -2.41. The Morgan fingerprint density at radius 3 is 2.79 bits per heavy atom. The number of hydrogen-bond acceptors (Lipinski definition) is 2. The van der Waals surface area contributed by atoms with Gasteiger partial charge in [0.1, 0.15) is 0 Å². The summed E-state index contributed by atoms with van der Waals surface area (Å²) in [6, 6.07) is 3.87. The molecule has 0 aromatic carbocycles. The van der Waals surface area contributed by atoms with E-state index in [1.807, 2.05) is 29.9 Å². The maximum Gasteiger partial charge on any atom is 0.193 e. The van der Waals surface area contributed by atoms with Crippen LogP contribution < -0.4 is 0 Å². The van der Waals surface area contributed by atoms with E-state index in [2.05, 4.69) is 4.90 Å². The van der Waals surface area contributed by atoms with Gasteiger partial charge in [0, 0.05) is 19.8 Å². The normalized spacial score (nSPS) is 28.1. The summed E-state index contributed by atoms with van der Waals surface area (Å²) >= 11 is 0. The number of hydrogen-bond donors (Lipinski definition) is 0. The Bertz CT molecular complexity index is 451. The molecular weight excluding hydrogens is 236 g/mol. The maximum absolute atomic E-state index is 12.3. The van der Waals surface area contributed by atoms with Crippen LogP contribution >= 0.6 is 0 Å². The Labute approximate surface area is 115 Å². The lowest BCUT2D eigenvalue weighted by Crippen LogP contribution is -2.44. The largest absolute Gasteiger partial charge is 0.348 e. The average Bonchev–Trinajstić information content (AvgIpc) is 2.85. The summed E-state index contributed by atoms with van der Waals surface area (Å²) in [6.07, 6.45) is 8.85. The fourth-order valence-electron chi connectivity index (χ4n) is 3.85. The molecule has 3 rings (SSSR count). The molecule has 1 saturated heterocycles. The molecular formula is C16H24N2O. The lowest BCUT2D eigenvalue weighted by atomic mass is 9.75. The lowest BCUT2D eigenvalue weighted by molar-refractivity contribution is 0.0707. The molecule has 0 radical (unpaired) electrons. The first kappa shape index (κ1) is 12.9. The van der Waals surface area contributed by atoms with Crippen molar-refractivity contribution in [1.82, 2.24) is 9.47 Å². The Hall–Kier alpha value is -1.09. The number of aromatic nitrogens is 1. The van der Waals surface area contributed by atoms with Gasteiger partial charge in [0.25, 0.3) is 0 Å². The highest BCUT2D eigenvalue weighted by Gasteiger charge is 2.31. The van der Waals surface area contributed by atoms with Gasteiger partial charge < -0.3 is 4.57 Å². The highest BCUT2D eigenvalue weighted by Crippen LogP contribution is 2.35. The minimum atomic E-state index is 0.266. The zero-order valence-corrected chi connectivity index (χ0v) is 11.8. The third-order valence-corrected chi connectivity index (χ3v) is 4.97. The number of fused-ring (bicyclic) bond motifs is 1. The molecule has 3 heteroatoms. The van der Waals surface area contributed by atoms with E-state index in [1.54, 1.807) is 0 Å². The number of likely N-dealkylation sites (tertiary alicyclic amines) is 1. The van der Waals surface area contributed by atoms with Gasteiger partial charge in [-0.1, -0.05) is 19.3 Å². The third-order valence-electron chi connectivity index (χ3n) is 4.97. The van der Waals surface area contributed by atoms with Gasteiger partial charge in [0.2, 0.25) is 0 Å². The molecule has 1 aliphatic heterocycles. The minimum Gasteiger partial charge on any atom is -0.348 e. The number of rotatable bonds is 3. The van der Waals surface area contributed by atoms with Crippen LogP contribution in [0.15, 0.2) is 18.3 Å². The first-order chi connectivity index (χ1) is 9.24. The summed E-state index contributed by atoms with van der Waals surface area (Å²) in [5.74, 6) is 2.06. The number of carbonyl (C=O) groups excluding carboxylic acids is 1. The number of Topliss-reactive ketones (excluding diaryl/α,β-unsaturated/α-hetero) is 1. The molecule has 2 aliphatic rings. The highest BCUT2D eigenvalue weighted by molar-refractivity contribution is 5.96.